The summed E-state index contributed by atoms with van der Waals surface area (Å²) in [5.41, 5.74) is 6.93. The maximum atomic E-state index is 5.78. The largest absolute Gasteiger partial charge is 0.497 e. The van der Waals surface area contributed by atoms with Gasteiger partial charge >= 0.3 is 0 Å². The minimum atomic E-state index is 0.139. The van der Waals surface area contributed by atoms with E-state index in [4.69, 9.17) is 15.2 Å². The highest BCUT2D eigenvalue weighted by Gasteiger charge is 2.23. The molecule has 0 aromatic heterocycles. The average molecular weight is 193 g/mol. The summed E-state index contributed by atoms with van der Waals surface area (Å²) in [4.78, 5) is 0. The first-order chi connectivity index (χ1) is 6.79. The minimum absolute atomic E-state index is 0.139. The molecule has 0 spiro atoms. The summed E-state index contributed by atoms with van der Waals surface area (Å²) in [5.74, 6) is 0.867. The van der Waals surface area contributed by atoms with Gasteiger partial charge in [-0.05, 0) is 24.1 Å². The molecule has 1 saturated heterocycles. The summed E-state index contributed by atoms with van der Waals surface area (Å²) in [5, 5.41) is 0. The van der Waals surface area contributed by atoms with E-state index in [2.05, 4.69) is 0 Å². The van der Waals surface area contributed by atoms with Crippen molar-refractivity contribution in [1.29, 1.82) is 0 Å². The highest BCUT2D eigenvalue weighted by molar-refractivity contribution is 5.30. The normalized spacial score (nSPS) is 26.4. The Kier molecular flexibility index (Phi) is 2.70. The fourth-order valence-electron chi connectivity index (χ4n) is 1.72. The molecule has 76 valence electrons. The van der Waals surface area contributed by atoms with Crippen molar-refractivity contribution in [3.63, 3.8) is 0 Å². The number of methoxy groups -OCH3 is 1. The van der Waals surface area contributed by atoms with Crippen molar-refractivity contribution in [3.05, 3.63) is 29.8 Å². The zero-order chi connectivity index (χ0) is 9.97. The van der Waals surface area contributed by atoms with Gasteiger partial charge in [-0.3, -0.25) is 0 Å². The Balaban J connectivity index is 2.15. The Hall–Kier alpha value is -1.06. The van der Waals surface area contributed by atoms with Gasteiger partial charge in [-0.1, -0.05) is 12.1 Å². The van der Waals surface area contributed by atoms with Crippen LogP contribution in [0.25, 0.3) is 0 Å². The van der Waals surface area contributed by atoms with E-state index in [9.17, 15) is 0 Å². The molecule has 2 atom stereocenters. The van der Waals surface area contributed by atoms with Gasteiger partial charge in [0.2, 0.25) is 0 Å². The van der Waals surface area contributed by atoms with E-state index in [0.717, 1.165) is 17.7 Å². The second kappa shape index (κ2) is 3.98. The van der Waals surface area contributed by atoms with Crippen LogP contribution in [0.15, 0.2) is 24.3 Å². The van der Waals surface area contributed by atoms with Crippen molar-refractivity contribution in [3.8, 4) is 5.75 Å². The fourth-order valence-corrected chi connectivity index (χ4v) is 1.72. The van der Waals surface area contributed by atoms with E-state index in [1.807, 2.05) is 24.3 Å². The van der Waals surface area contributed by atoms with Gasteiger partial charge in [0.15, 0.2) is 0 Å². The van der Waals surface area contributed by atoms with Gasteiger partial charge in [0, 0.05) is 6.04 Å². The van der Waals surface area contributed by atoms with Crippen LogP contribution in [0.3, 0.4) is 0 Å². The van der Waals surface area contributed by atoms with Gasteiger partial charge in [-0.25, -0.2) is 0 Å². The standard InChI is InChI=1S/C11H15NO2/c1-13-10-4-2-3-8(5-10)11-6-9(12)7-14-11/h2-5,9,11H,6-7,12H2,1H3. The third-order valence-corrected chi connectivity index (χ3v) is 2.49. The second-order valence-electron chi connectivity index (χ2n) is 3.59. The van der Waals surface area contributed by atoms with Crippen LogP contribution in [-0.4, -0.2) is 19.8 Å². The van der Waals surface area contributed by atoms with Crippen LogP contribution in [0.1, 0.15) is 18.1 Å². The lowest BCUT2D eigenvalue weighted by Gasteiger charge is -2.10. The molecule has 0 bridgehead atoms. The Morgan fingerprint density at radius 1 is 1.50 bits per heavy atom. The molecule has 3 nitrogen and oxygen atoms in total. The Labute approximate surface area is 83.8 Å². The van der Waals surface area contributed by atoms with Gasteiger partial charge in [-0.15, -0.1) is 0 Å². The third-order valence-electron chi connectivity index (χ3n) is 2.49. The summed E-state index contributed by atoms with van der Waals surface area (Å²) >= 11 is 0. The van der Waals surface area contributed by atoms with Crippen LogP contribution >= 0.6 is 0 Å². The van der Waals surface area contributed by atoms with Gasteiger partial charge in [0.1, 0.15) is 5.75 Å². The molecule has 0 amide bonds. The molecular formula is C11H15NO2. The highest BCUT2D eigenvalue weighted by atomic mass is 16.5. The quantitative estimate of drug-likeness (QED) is 0.773. The number of hydrogen-bond acceptors (Lipinski definition) is 3. The number of nitrogens with two attached hydrogens (primary N) is 1. The molecule has 0 saturated carbocycles. The molecule has 3 heteroatoms. The molecule has 2 unspecified atom stereocenters. The monoisotopic (exact) mass is 193 g/mol. The van der Waals surface area contributed by atoms with Crippen molar-refractivity contribution in [2.24, 2.45) is 5.73 Å². The predicted octanol–water partition coefficient (Wildman–Crippen LogP) is 1.48. The van der Waals surface area contributed by atoms with E-state index in [1.54, 1.807) is 7.11 Å². The smallest absolute Gasteiger partial charge is 0.119 e. The SMILES string of the molecule is COc1cccc(C2CC(N)CO2)c1. The number of ether oxygens (including phenoxy) is 2. The molecular weight excluding hydrogens is 178 g/mol. The second-order valence-corrected chi connectivity index (χ2v) is 3.59. The Morgan fingerprint density at radius 3 is 3.00 bits per heavy atom. The summed E-state index contributed by atoms with van der Waals surface area (Å²) in [7, 11) is 1.67. The maximum absolute atomic E-state index is 5.78. The maximum Gasteiger partial charge on any atom is 0.119 e. The molecule has 0 aliphatic carbocycles. The first kappa shape index (κ1) is 9.49. The summed E-state index contributed by atoms with van der Waals surface area (Å²) in [6, 6.07) is 8.12. The van der Waals surface area contributed by atoms with E-state index < -0.39 is 0 Å². The molecule has 14 heavy (non-hydrogen) atoms. The van der Waals surface area contributed by atoms with Crippen molar-refractivity contribution < 1.29 is 9.47 Å². The van der Waals surface area contributed by atoms with Crippen molar-refractivity contribution in [2.45, 2.75) is 18.6 Å². The van der Waals surface area contributed by atoms with Crippen molar-refractivity contribution in [1.82, 2.24) is 0 Å². The molecule has 0 radical (unpaired) electrons. The van der Waals surface area contributed by atoms with Crippen molar-refractivity contribution in [2.75, 3.05) is 13.7 Å². The Bertz CT molecular complexity index is 314. The molecule has 1 fully saturated rings. The topological polar surface area (TPSA) is 44.5 Å². The van der Waals surface area contributed by atoms with Crippen molar-refractivity contribution >= 4 is 0 Å². The molecule has 2 N–H and O–H groups in total. The van der Waals surface area contributed by atoms with E-state index in [1.165, 1.54) is 0 Å². The average Bonchev–Trinajstić information content (AvgIpc) is 2.65. The summed E-state index contributed by atoms with van der Waals surface area (Å²) < 4.78 is 10.7. The lowest BCUT2D eigenvalue weighted by molar-refractivity contribution is 0.110. The molecule has 1 aliphatic heterocycles. The van der Waals surface area contributed by atoms with Crippen LogP contribution in [-0.2, 0) is 4.74 Å². The lowest BCUT2D eigenvalue weighted by atomic mass is 10.1. The number of hydrogen-bond donors (Lipinski definition) is 1. The third kappa shape index (κ3) is 1.89. The number of benzene rings is 1. The Morgan fingerprint density at radius 2 is 2.36 bits per heavy atom. The summed E-state index contributed by atoms with van der Waals surface area (Å²) in [6.07, 6.45) is 1.03. The number of rotatable bonds is 2. The fraction of sp³-hybridized carbons (Fsp3) is 0.455. The summed E-state index contributed by atoms with van der Waals surface area (Å²) in [6.45, 7) is 0.655. The molecule has 1 aromatic rings. The van der Waals surface area contributed by atoms with Crippen LogP contribution < -0.4 is 10.5 Å². The first-order valence-corrected chi connectivity index (χ1v) is 4.80. The molecule has 1 heterocycles. The van der Waals surface area contributed by atoms with E-state index in [0.29, 0.717) is 6.61 Å². The van der Waals surface area contributed by atoms with Crippen LogP contribution in [0, 0.1) is 0 Å². The highest BCUT2D eigenvalue weighted by Crippen LogP contribution is 2.29. The van der Waals surface area contributed by atoms with Gasteiger partial charge in [0.25, 0.3) is 0 Å². The molecule has 2 rings (SSSR count). The molecule has 1 aromatic carbocycles. The first-order valence-electron chi connectivity index (χ1n) is 4.80. The zero-order valence-corrected chi connectivity index (χ0v) is 8.27. The zero-order valence-electron chi connectivity index (χ0n) is 8.27. The van der Waals surface area contributed by atoms with Crippen LogP contribution in [0.2, 0.25) is 0 Å². The molecule has 1 aliphatic rings. The van der Waals surface area contributed by atoms with Crippen LogP contribution in [0.4, 0.5) is 0 Å². The van der Waals surface area contributed by atoms with Gasteiger partial charge < -0.3 is 15.2 Å². The lowest BCUT2D eigenvalue weighted by Crippen LogP contribution is -2.18. The van der Waals surface area contributed by atoms with Crippen LogP contribution in [0.5, 0.6) is 5.75 Å². The minimum Gasteiger partial charge on any atom is -0.497 e. The predicted molar refractivity (Wildman–Crippen MR) is 54.3 cm³/mol. The van der Waals surface area contributed by atoms with Gasteiger partial charge in [-0.2, -0.15) is 0 Å². The van der Waals surface area contributed by atoms with E-state index >= 15 is 0 Å². The van der Waals surface area contributed by atoms with Gasteiger partial charge in [0.05, 0.1) is 19.8 Å². The van der Waals surface area contributed by atoms with E-state index in [-0.39, 0.29) is 12.1 Å².